The van der Waals surface area contributed by atoms with Crippen molar-refractivity contribution in [3.63, 3.8) is 0 Å². The molecule has 6 aliphatic heterocycles. The molecule has 0 aliphatic carbocycles. The highest BCUT2D eigenvalue weighted by Gasteiger charge is 2.55. The van der Waals surface area contributed by atoms with Gasteiger partial charge in [-0.2, -0.15) is 0 Å². The maximum absolute atomic E-state index is 11.9. The standard InChI is InChI=1S/C16H20N2O8.C14H16N2O8S2.C12H12N2O10/c19-11-7-8-12(20)17(11)25-15(23)5-3-1-2-4-6-16(24)26-18-13(21)9-10-14(18)22;1-13(11(21)22,15-7(17)3-4-8(15)18)25-26-14(2,12(23)24)16-9(19)5-6-10(16)20;15-5-1-2-6(16)13(5)23-11(21)9(19)10(20)12(22)24-14-7(17)3-4-8(14)18/h1-10H2;3-6H2,1-2H3,(H,21,22)(H,23,24);9-10,19-20H,1-4H2. The number of rotatable bonds is 21. The topological polar surface area (TPSA) is 445 Å². The van der Waals surface area contributed by atoms with Crippen LogP contribution in [0, 0.1) is 0 Å². The summed E-state index contributed by atoms with van der Waals surface area (Å²) in [7, 11) is 0.875. The average molecular weight is 1120 g/mol. The number of amides is 12. The molecule has 6 aliphatic rings. The fourth-order valence-electron chi connectivity index (χ4n) is 6.97. The second-order valence-corrected chi connectivity index (χ2v) is 19.8. The number of aliphatic hydroxyl groups is 2. The first kappa shape index (κ1) is 60.8. The van der Waals surface area contributed by atoms with Gasteiger partial charge in [-0.05, 0) is 26.7 Å². The molecule has 414 valence electrons. The Morgan fingerprint density at radius 1 is 0.395 bits per heavy atom. The van der Waals surface area contributed by atoms with Gasteiger partial charge in [-0.3, -0.25) is 67.3 Å². The van der Waals surface area contributed by atoms with Crippen LogP contribution in [0.4, 0.5) is 0 Å². The summed E-state index contributed by atoms with van der Waals surface area (Å²) in [5, 5.41) is 39.4. The van der Waals surface area contributed by atoms with Crippen molar-refractivity contribution in [2.75, 3.05) is 0 Å². The second kappa shape index (κ2) is 26.2. The lowest BCUT2D eigenvalue weighted by Crippen LogP contribution is -2.55. The van der Waals surface area contributed by atoms with Crippen molar-refractivity contribution < 1.29 is 126 Å². The van der Waals surface area contributed by atoms with E-state index in [-0.39, 0.29) is 100 Å². The van der Waals surface area contributed by atoms with Crippen molar-refractivity contribution >= 4 is 128 Å². The van der Waals surface area contributed by atoms with E-state index in [0.29, 0.717) is 67.2 Å². The molecule has 6 saturated heterocycles. The molecule has 6 rings (SSSR count). The highest BCUT2D eigenvalue weighted by atomic mass is 33.1. The number of hydrogen-bond acceptors (Lipinski definition) is 26. The van der Waals surface area contributed by atoms with E-state index in [2.05, 4.69) is 9.68 Å². The number of carbonyl (C=O) groups is 18. The lowest BCUT2D eigenvalue weighted by atomic mass is 10.1. The molecular formula is C42H48N6O26S2. The third-order valence-electron chi connectivity index (χ3n) is 11.2. The Morgan fingerprint density at radius 2 is 0.605 bits per heavy atom. The van der Waals surface area contributed by atoms with Gasteiger partial charge in [0.15, 0.2) is 12.2 Å². The minimum atomic E-state index is -2.51. The van der Waals surface area contributed by atoms with E-state index < -0.39 is 129 Å². The molecular weight excluding hydrogens is 1070 g/mol. The zero-order valence-corrected chi connectivity index (χ0v) is 41.8. The lowest BCUT2D eigenvalue weighted by molar-refractivity contribution is -0.216. The molecule has 0 spiro atoms. The average Bonchev–Trinajstić information content (AvgIpc) is 4.21. The second-order valence-electron chi connectivity index (χ2n) is 16.9. The maximum Gasteiger partial charge on any atom is 0.364 e. The molecule has 6 heterocycles. The Kier molecular flexibility index (Phi) is 20.9. The molecule has 6 fully saturated rings. The van der Waals surface area contributed by atoms with Gasteiger partial charge in [-0.25, -0.2) is 28.8 Å². The summed E-state index contributed by atoms with van der Waals surface area (Å²) in [5.41, 5.74) is 0. The molecule has 4 atom stereocenters. The normalized spacial score (nSPS) is 20.1. The predicted molar refractivity (Wildman–Crippen MR) is 238 cm³/mol. The van der Waals surface area contributed by atoms with Crippen LogP contribution in [0.1, 0.15) is 129 Å². The van der Waals surface area contributed by atoms with Crippen LogP contribution in [-0.2, 0) is 106 Å². The zero-order valence-electron chi connectivity index (χ0n) is 40.2. The van der Waals surface area contributed by atoms with Gasteiger partial charge in [0, 0.05) is 89.9 Å². The molecule has 0 aromatic heterocycles. The minimum absolute atomic E-state index is 0.0524. The molecule has 4 N–H and O–H groups in total. The number of imide groups is 6. The number of aliphatic hydroxyl groups excluding tert-OH is 2. The van der Waals surface area contributed by atoms with Crippen LogP contribution in [-0.4, -0.2) is 179 Å². The smallest absolute Gasteiger partial charge is 0.364 e. The highest BCUT2D eigenvalue weighted by Crippen LogP contribution is 2.49. The molecule has 12 amide bonds. The Bertz CT molecular complexity index is 2260. The molecule has 0 bridgehead atoms. The van der Waals surface area contributed by atoms with Gasteiger partial charge >= 0.3 is 35.8 Å². The van der Waals surface area contributed by atoms with Crippen molar-refractivity contribution in [3.05, 3.63) is 0 Å². The van der Waals surface area contributed by atoms with Crippen LogP contribution >= 0.6 is 21.6 Å². The van der Waals surface area contributed by atoms with Crippen LogP contribution in [0.15, 0.2) is 0 Å². The number of carboxylic acids is 2. The number of unbranched alkanes of at least 4 members (excludes halogenated alkanes) is 3. The molecule has 34 heteroatoms. The number of hydrogen-bond donors (Lipinski definition) is 4. The number of hydroxylamine groups is 8. The van der Waals surface area contributed by atoms with E-state index in [1.54, 1.807) is 0 Å². The van der Waals surface area contributed by atoms with Crippen LogP contribution in [0.2, 0.25) is 0 Å². The van der Waals surface area contributed by atoms with Gasteiger partial charge in [0.2, 0.25) is 33.4 Å². The number of carbonyl (C=O) groups excluding carboxylic acids is 16. The van der Waals surface area contributed by atoms with Gasteiger partial charge in [0.25, 0.3) is 47.3 Å². The molecule has 0 aromatic carbocycles. The SMILES string of the molecule is CC(SSC(C)(C(=O)O)N1C(=O)CCC1=O)(C(=O)O)N1C(=O)CCC1=O.O=C(CCCCCCC(=O)ON1C(=O)CCC1=O)ON1C(=O)CCC1=O.O=C(ON1C(=O)CCC1=O)C(O)C(O)C(=O)ON1C(=O)CCC1=O. The first-order valence-electron chi connectivity index (χ1n) is 22.8. The minimum Gasteiger partial charge on any atom is -0.479 e. The summed E-state index contributed by atoms with van der Waals surface area (Å²) in [6.07, 6.45) is -3.76. The molecule has 0 saturated carbocycles. The van der Waals surface area contributed by atoms with Gasteiger partial charge in [0.1, 0.15) is 0 Å². The Balaban J connectivity index is 0.000000247. The summed E-state index contributed by atoms with van der Waals surface area (Å²) in [6.45, 7) is 2.20. The third kappa shape index (κ3) is 14.8. The van der Waals surface area contributed by atoms with Crippen LogP contribution in [0.5, 0.6) is 0 Å². The van der Waals surface area contributed by atoms with E-state index in [0.717, 1.165) is 13.8 Å². The molecule has 32 nitrogen and oxygen atoms in total. The first-order valence-corrected chi connectivity index (χ1v) is 24.9. The highest BCUT2D eigenvalue weighted by molar-refractivity contribution is 8.78. The number of likely N-dealkylation sites (tertiary alicyclic amines) is 2. The molecule has 76 heavy (non-hydrogen) atoms. The third-order valence-corrected chi connectivity index (χ3v) is 14.8. The summed E-state index contributed by atoms with van der Waals surface area (Å²) in [5.74, 6) is -15.8. The van der Waals surface area contributed by atoms with Crippen molar-refractivity contribution in [2.24, 2.45) is 0 Å². The molecule has 4 unspecified atom stereocenters. The fraction of sp³-hybridized carbons (Fsp3) is 0.571. The summed E-state index contributed by atoms with van der Waals surface area (Å²) in [4.78, 5) is 223. The monoisotopic (exact) mass is 1120 g/mol. The van der Waals surface area contributed by atoms with E-state index in [1.807, 2.05) is 0 Å². The van der Waals surface area contributed by atoms with Crippen molar-refractivity contribution in [1.29, 1.82) is 0 Å². The van der Waals surface area contributed by atoms with Crippen LogP contribution < -0.4 is 0 Å². The largest absolute Gasteiger partial charge is 0.479 e. The van der Waals surface area contributed by atoms with Crippen molar-refractivity contribution in [3.8, 4) is 0 Å². The quantitative estimate of drug-likeness (QED) is 0.0535. The summed E-state index contributed by atoms with van der Waals surface area (Å²) in [6, 6.07) is 0. The summed E-state index contributed by atoms with van der Waals surface area (Å²) >= 11 is 0. The van der Waals surface area contributed by atoms with Gasteiger partial charge in [-0.15, -0.1) is 20.3 Å². The van der Waals surface area contributed by atoms with E-state index in [4.69, 9.17) is 9.68 Å². The van der Waals surface area contributed by atoms with E-state index in [1.165, 1.54) is 0 Å². The van der Waals surface area contributed by atoms with Crippen molar-refractivity contribution in [1.82, 2.24) is 30.1 Å². The van der Waals surface area contributed by atoms with Crippen LogP contribution in [0.25, 0.3) is 0 Å². The lowest BCUT2D eigenvalue weighted by Gasteiger charge is -2.37. The first-order chi connectivity index (χ1) is 35.5. The van der Waals surface area contributed by atoms with Gasteiger partial charge < -0.3 is 39.8 Å². The molecule has 0 radical (unpaired) electrons. The van der Waals surface area contributed by atoms with Crippen LogP contribution in [0.3, 0.4) is 0 Å². The van der Waals surface area contributed by atoms with E-state index >= 15 is 0 Å². The maximum atomic E-state index is 11.9. The Hall–Kier alpha value is -7.72. The number of carboxylic acid groups (broad SMARTS) is 2. The Morgan fingerprint density at radius 3 is 0.829 bits per heavy atom. The Labute approximate surface area is 434 Å². The van der Waals surface area contributed by atoms with Crippen molar-refractivity contribution in [2.45, 2.75) is 151 Å². The summed E-state index contributed by atoms with van der Waals surface area (Å²) < 4.78 is 0. The zero-order chi connectivity index (χ0) is 57.0. The number of aliphatic carboxylic acids is 2. The predicted octanol–water partition coefficient (Wildman–Crippen LogP) is -2.27. The molecule has 0 aromatic rings. The van der Waals surface area contributed by atoms with Gasteiger partial charge in [0.05, 0.1) is 0 Å². The number of nitrogens with zero attached hydrogens (tertiary/aromatic N) is 6. The van der Waals surface area contributed by atoms with Gasteiger partial charge in [-0.1, -0.05) is 34.4 Å². The van der Waals surface area contributed by atoms with E-state index in [9.17, 15) is 107 Å². The fourth-order valence-corrected chi connectivity index (χ4v) is 9.84.